The van der Waals surface area contributed by atoms with Gasteiger partial charge in [0.05, 0.1) is 5.25 Å². The molecule has 4 nitrogen and oxygen atoms in total. The third kappa shape index (κ3) is 1.53. The zero-order chi connectivity index (χ0) is 10.3. The van der Waals surface area contributed by atoms with Crippen LogP contribution in [0.3, 0.4) is 0 Å². The van der Waals surface area contributed by atoms with E-state index in [0.29, 0.717) is 4.21 Å². The minimum atomic E-state index is -3.19. The number of nitrogen functional groups attached to an aromatic ring is 1. The molecule has 1 aliphatic rings. The summed E-state index contributed by atoms with van der Waals surface area (Å²) < 4.78 is 28.4. The van der Waals surface area contributed by atoms with E-state index in [4.69, 9.17) is 5.73 Å². The van der Waals surface area contributed by atoms with Gasteiger partial charge in [0, 0.05) is 0 Å². The minimum absolute atomic E-state index is 0.159. The fourth-order valence-electron chi connectivity index (χ4n) is 1.21. The molecule has 78 valence electrons. The van der Waals surface area contributed by atoms with Gasteiger partial charge in [-0.1, -0.05) is 0 Å². The van der Waals surface area contributed by atoms with E-state index in [9.17, 15) is 8.42 Å². The van der Waals surface area contributed by atoms with Crippen molar-refractivity contribution in [3.05, 3.63) is 0 Å². The summed E-state index contributed by atoms with van der Waals surface area (Å²) in [7, 11) is -3.19. The number of hydrogen-bond acceptors (Lipinski definition) is 6. The zero-order valence-electron chi connectivity index (χ0n) is 7.56. The summed E-state index contributed by atoms with van der Waals surface area (Å²) in [6.45, 7) is 0. The maximum absolute atomic E-state index is 11.9. The molecule has 14 heavy (non-hydrogen) atoms. The fraction of sp³-hybridized carbons (Fsp3) is 0.571. The molecule has 0 spiro atoms. The topological polar surface area (TPSA) is 73.0 Å². The predicted molar refractivity (Wildman–Crippen MR) is 58.5 cm³/mol. The maximum atomic E-state index is 11.9. The molecule has 0 bridgehead atoms. The Morgan fingerprint density at radius 3 is 2.71 bits per heavy atom. The van der Waals surface area contributed by atoms with Crippen molar-refractivity contribution in [1.82, 2.24) is 4.37 Å². The van der Waals surface area contributed by atoms with Crippen molar-refractivity contribution in [1.29, 1.82) is 0 Å². The van der Waals surface area contributed by atoms with Crippen LogP contribution in [0.1, 0.15) is 12.8 Å². The summed E-state index contributed by atoms with van der Waals surface area (Å²) in [6, 6.07) is 0. The van der Waals surface area contributed by atoms with Crippen LogP contribution < -0.4 is 5.73 Å². The molecule has 0 aliphatic heterocycles. The second kappa shape index (κ2) is 3.39. The molecule has 1 aromatic heterocycles. The molecule has 1 fully saturated rings. The van der Waals surface area contributed by atoms with Crippen molar-refractivity contribution in [2.24, 2.45) is 0 Å². The van der Waals surface area contributed by atoms with Crippen LogP contribution in [0.15, 0.2) is 9.10 Å². The van der Waals surface area contributed by atoms with E-state index in [-0.39, 0.29) is 16.0 Å². The van der Waals surface area contributed by atoms with Gasteiger partial charge in [-0.25, -0.2) is 8.42 Å². The summed E-state index contributed by atoms with van der Waals surface area (Å²) in [5.74, 6) is 0.159. The van der Waals surface area contributed by atoms with Crippen LogP contribution in [-0.4, -0.2) is 24.3 Å². The molecular formula is C7H10N2O2S3. The van der Waals surface area contributed by atoms with Crippen molar-refractivity contribution < 1.29 is 8.42 Å². The summed E-state index contributed by atoms with van der Waals surface area (Å²) in [4.78, 5) is 0.262. The lowest BCUT2D eigenvalue weighted by Gasteiger charge is -2.01. The molecule has 0 atom stereocenters. The number of aromatic nitrogens is 1. The van der Waals surface area contributed by atoms with Crippen molar-refractivity contribution in [2.75, 3.05) is 12.0 Å². The van der Waals surface area contributed by atoms with Gasteiger partial charge in [0.1, 0.15) is 9.10 Å². The smallest absolute Gasteiger partial charge is 0.186 e. The van der Waals surface area contributed by atoms with Crippen molar-refractivity contribution >= 4 is 38.9 Å². The van der Waals surface area contributed by atoms with E-state index in [1.54, 1.807) is 0 Å². The molecule has 1 aliphatic carbocycles. The van der Waals surface area contributed by atoms with E-state index >= 15 is 0 Å². The van der Waals surface area contributed by atoms with Crippen LogP contribution in [0.4, 0.5) is 5.82 Å². The summed E-state index contributed by atoms with van der Waals surface area (Å²) in [6.07, 6.45) is 3.34. The Kier molecular flexibility index (Phi) is 2.48. The molecule has 0 unspecified atom stereocenters. The lowest BCUT2D eigenvalue weighted by molar-refractivity contribution is 0.594. The van der Waals surface area contributed by atoms with Gasteiger partial charge >= 0.3 is 0 Å². The SMILES string of the molecule is CSc1snc(N)c1S(=O)(=O)C1CC1. The quantitative estimate of drug-likeness (QED) is 0.821. The minimum Gasteiger partial charge on any atom is -0.382 e. The standard InChI is InChI=1S/C7H10N2O2S3/c1-12-7-5(6(8)9-13-7)14(10,11)4-2-3-4/h4H,2-3H2,1H3,(H2,8,9). The second-order valence-corrected chi connectivity index (χ2v) is 7.15. The van der Waals surface area contributed by atoms with Gasteiger partial charge in [0.25, 0.3) is 0 Å². The number of sulfone groups is 1. The van der Waals surface area contributed by atoms with Crippen LogP contribution in [0.2, 0.25) is 0 Å². The first-order chi connectivity index (χ1) is 6.57. The van der Waals surface area contributed by atoms with Gasteiger partial charge in [-0.3, -0.25) is 0 Å². The van der Waals surface area contributed by atoms with E-state index in [0.717, 1.165) is 24.4 Å². The average Bonchev–Trinajstić information content (AvgIpc) is 2.90. The Balaban J connectivity index is 2.53. The highest BCUT2D eigenvalue weighted by molar-refractivity contribution is 8.01. The Hall–Kier alpha value is -0.270. The number of hydrogen-bond donors (Lipinski definition) is 1. The molecule has 1 saturated carbocycles. The Bertz CT molecular complexity index is 448. The lowest BCUT2D eigenvalue weighted by atomic mass is 10.7. The highest BCUT2D eigenvalue weighted by Gasteiger charge is 2.40. The molecule has 1 heterocycles. The second-order valence-electron chi connectivity index (χ2n) is 3.13. The molecule has 2 rings (SSSR count). The largest absolute Gasteiger partial charge is 0.382 e. The molecule has 0 saturated heterocycles. The molecule has 1 aromatic rings. The summed E-state index contributed by atoms with van der Waals surface area (Å²) >= 11 is 2.54. The molecular weight excluding hydrogens is 240 g/mol. The van der Waals surface area contributed by atoms with Crippen molar-refractivity contribution in [3.8, 4) is 0 Å². The first-order valence-corrected chi connectivity index (χ1v) is 7.65. The zero-order valence-corrected chi connectivity index (χ0v) is 10.0. The Morgan fingerprint density at radius 1 is 1.57 bits per heavy atom. The van der Waals surface area contributed by atoms with Crippen molar-refractivity contribution in [3.63, 3.8) is 0 Å². The number of nitrogens with zero attached hydrogens (tertiary/aromatic N) is 1. The van der Waals surface area contributed by atoms with Crippen LogP contribution in [0.5, 0.6) is 0 Å². The third-order valence-electron chi connectivity index (χ3n) is 2.08. The number of anilines is 1. The molecule has 2 N–H and O–H groups in total. The molecule has 0 radical (unpaired) electrons. The first kappa shape index (κ1) is 10.3. The Labute approximate surface area is 91.0 Å². The average molecular weight is 250 g/mol. The van der Waals surface area contributed by atoms with E-state index in [1.807, 2.05) is 6.26 Å². The molecule has 0 aromatic carbocycles. The monoisotopic (exact) mass is 250 g/mol. The summed E-state index contributed by atoms with van der Waals surface area (Å²) in [5, 5.41) is -0.216. The first-order valence-electron chi connectivity index (χ1n) is 4.10. The van der Waals surface area contributed by atoms with Gasteiger partial charge in [-0.15, -0.1) is 11.8 Å². The van der Waals surface area contributed by atoms with Gasteiger partial charge < -0.3 is 5.73 Å². The number of thioether (sulfide) groups is 1. The van der Waals surface area contributed by atoms with Gasteiger partial charge in [0.15, 0.2) is 15.7 Å². The maximum Gasteiger partial charge on any atom is 0.186 e. The van der Waals surface area contributed by atoms with Crippen LogP contribution >= 0.6 is 23.3 Å². The predicted octanol–water partition coefficient (Wildman–Crippen LogP) is 1.38. The van der Waals surface area contributed by atoms with Crippen molar-refractivity contribution in [2.45, 2.75) is 27.2 Å². The normalized spacial score (nSPS) is 17.2. The van der Waals surface area contributed by atoms with E-state index in [1.165, 1.54) is 11.8 Å². The lowest BCUT2D eigenvalue weighted by Crippen LogP contribution is -2.09. The van der Waals surface area contributed by atoms with Crippen LogP contribution in [0.25, 0.3) is 0 Å². The van der Waals surface area contributed by atoms with Gasteiger partial charge in [0.2, 0.25) is 0 Å². The number of rotatable bonds is 3. The van der Waals surface area contributed by atoms with Crippen LogP contribution in [-0.2, 0) is 9.84 Å². The van der Waals surface area contributed by atoms with E-state index in [2.05, 4.69) is 4.37 Å². The summed E-state index contributed by atoms with van der Waals surface area (Å²) in [5.41, 5.74) is 5.58. The highest BCUT2D eigenvalue weighted by Crippen LogP contribution is 2.41. The number of nitrogens with two attached hydrogens (primary N) is 1. The van der Waals surface area contributed by atoms with Gasteiger partial charge in [-0.05, 0) is 30.6 Å². The van der Waals surface area contributed by atoms with Gasteiger partial charge in [-0.2, -0.15) is 4.37 Å². The Morgan fingerprint density at radius 2 is 2.21 bits per heavy atom. The fourth-order valence-corrected chi connectivity index (χ4v) is 5.15. The van der Waals surface area contributed by atoms with E-state index < -0.39 is 9.84 Å². The molecule has 0 amide bonds. The highest BCUT2D eigenvalue weighted by atomic mass is 32.2. The van der Waals surface area contributed by atoms with Crippen LogP contribution in [0, 0.1) is 0 Å². The third-order valence-corrected chi connectivity index (χ3v) is 6.62. The molecule has 7 heteroatoms.